The van der Waals surface area contributed by atoms with E-state index in [1.165, 1.54) is 0 Å². The lowest BCUT2D eigenvalue weighted by molar-refractivity contribution is -0.361. The molecule has 3 N–H and O–H groups in total. The maximum absolute atomic E-state index is 13.7. The highest BCUT2D eigenvalue weighted by Gasteiger charge is 2.48. The number of fused-ring (bicyclic) bond motifs is 1. The smallest absolute Gasteiger partial charge is 0.337 e. The lowest BCUT2D eigenvalue weighted by Crippen LogP contribution is -2.44. The highest BCUT2D eigenvalue weighted by Crippen LogP contribution is 2.47. The number of ketones is 1. The number of H-pyrrole nitrogens is 1. The Hall–Kier alpha value is -3.64. The molecule has 2 atom stereocenters. The summed E-state index contributed by atoms with van der Waals surface area (Å²) in [7, 11) is 0. The Kier molecular flexibility index (Phi) is 6.08. The Bertz CT molecular complexity index is 1420. The van der Waals surface area contributed by atoms with Crippen molar-refractivity contribution in [2.45, 2.75) is 40.0 Å². The maximum Gasteiger partial charge on any atom is 0.337 e. The minimum atomic E-state index is -0.570. The molecule has 184 valence electrons. The molecule has 3 heterocycles. The quantitative estimate of drug-likeness (QED) is 0.470. The fraction of sp³-hybridized carbons (Fsp3) is 0.276. The number of Topliss-reactive ketones (excluding diaryl/α,β-unsaturated/α-hetero) is 1. The van der Waals surface area contributed by atoms with Gasteiger partial charge in [-0.2, -0.15) is 0 Å². The van der Waals surface area contributed by atoms with Gasteiger partial charge in [0.15, 0.2) is 0 Å². The SMILES string of the molecule is CC1=C(C(=O)Nc2ccc(C)c[nH+]2)C(c2ccc(-c3cccc(Cl)c3)o2)C2C(=O)CC(C)(C)C=C2N1. The fourth-order valence-corrected chi connectivity index (χ4v) is 5.35. The number of hydrogen-bond donors (Lipinski definition) is 2. The number of aromatic amines is 1. The predicted octanol–water partition coefficient (Wildman–Crippen LogP) is 5.82. The third-order valence-electron chi connectivity index (χ3n) is 6.74. The maximum atomic E-state index is 13.7. The summed E-state index contributed by atoms with van der Waals surface area (Å²) < 4.78 is 6.32. The summed E-state index contributed by atoms with van der Waals surface area (Å²) in [6, 6.07) is 14.9. The molecule has 7 heteroatoms. The van der Waals surface area contributed by atoms with E-state index in [0.717, 1.165) is 16.8 Å². The number of carbonyl (C=O) groups excluding carboxylic acids is 2. The van der Waals surface area contributed by atoms with Gasteiger partial charge in [0.1, 0.15) is 17.3 Å². The lowest BCUT2D eigenvalue weighted by Gasteiger charge is -2.40. The van der Waals surface area contributed by atoms with Crippen LogP contribution in [0.2, 0.25) is 5.02 Å². The van der Waals surface area contributed by atoms with Crippen LogP contribution in [-0.2, 0) is 9.59 Å². The number of allylic oxidation sites excluding steroid dienone is 3. The van der Waals surface area contributed by atoms with Crippen LogP contribution in [0.3, 0.4) is 0 Å². The molecule has 1 aliphatic heterocycles. The van der Waals surface area contributed by atoms with Gasteiger partial charge in [0.25, 0.3) is 5.82 Å². The van der Waals surface area contributed by atoms with E-state index in [1.807, 2.05) is 76.4 Å². The number of aromatic nitrogens is 1. The summed E-state index contributed by atoms with van der Waals surface area (Å²) in [4.78, 5) is 30.3. The number of amides is 1. The number of anilines is 1. The molecule has 1 aromatic carbocycles. The third-order valence-corrected chi connectivity index (χ3v) is 6.98. The number of carbonyl (C=O) groups is 2. The van der Waals surface area contributed by atoms with Gasteiger partial charge in [-0.25, -0.2) is 15.1 Å². The number of halogens is 1. The minimum Gasteiger partial charge on any atom is -0.460 e. The van der Waals surface area contributed by atoms with Gasteiger partial charge in [0.2, 0.25) is 0 Å². The summed E-state index contributed by atoms with van der Waals surface area (Å²) in [5.41, 5.74) is 3.60. The number of hydrogen-bond acceptors (Lipinski definition) is 4. The molecule has 0 saturated heterocycles. The van der Waals surface area contributed by atoms with Gasteiger partial charge in [0, 0.05) is 34.5 Å². The average Bonchev–Trinajstić information content (AvgIpc) is 3.29. The summed E-state index contributed by atoms with van der Waals surface area (Å²) in [5, 5.41) is 6.93. The monoisotopic (exact) mass is 502 g/mol. The second-order valence-corrected chi connectivity index (χ2v) is 10.7. The molecule has 2 unspecified atom stereocenters. The molecule has 2 aliphatic rings. The van der Waals surface area contributed by atoms with Crippen LogP contribution in [0.4, 0.5) is 5.82 Å². The molecule has 36 heavy (non-hydrogen) atoms. The fourth-order valence-electron chi connectivity index (χ4n) is 5.16. The van der Waals surface area contributed by atoms with Crippen molar-refractivity contribution in [3.05, 3.63) is 94.1 Å². The Morgan fingerprint density at radius 2 is 1.94 bits per heavy atom. The molecule has 2 aromatic heterocycles. The first-order valence-corrected chi connectivity index (χ1v) is 12.4. The molecular formula is C29H29ClN3O3+. The number of pyridine rings is 1. The number of rotatable bonds is 4. The molecule has 0 fully saturated rings. The zero-order valence-electron chi connectivity index (χ0n) is 20.7. The topological polar surface area (TPSA) is 85.5 Å². The first kappa shape index (κ1) is 24.1. The van der Waals surface area contributed by atoms with E-state index in [2.05, 4.69) is 21.7 Å². The van der Waals surface area contributed by atoms with Gasteiger partial charge < -0.3 is 9.73 Å². The van der Waals surface area contributed by atoms with Gasteiger partial charge >= 0.3 is 5.91 Å². The van der Waals surface area contributed by atoms with Crippen LogP contribution in [0.25, 0.3) is 11.3 Å². The van der Waals surface area contributed by atoms with E-state index < -0.39 is 11.8 Å². The predicted molar refractivity (Wildman–Crippen MR) is 139 cm³/mol. The van der Waals surface area contributed by atoms with Gasteiger partial charge in [0.05, 0.1) is 23.6 Å². The van der Waals surface area contributed by atoms with E-state index in [-0.39, 0.29) is 17.1 Å². The van der Waals surface area contributed by atoms with Crippen molar-refractivity contribution in [1.29, 1.82) is 0 Å². The Morgan fingerprint density at radius 1 is 1.14 bits per heavy atom. The molecule has 0 saturated carbocycles. The standard InChI is InChI=1S/C29H28ClN3O3/c1-16-8-11-24(31-15-16)33-28(35)25-17(2)32-20-13-29(3,4)14-21(34)26(20)27(25)23-10-9-22(36-23)18-6-5-7-19(30)12-18/h5-13,15,26-27,32H,14H2,1-4H3,(H,31,33,35)/p+1. The largest absolute Gasteiger partial charge is 0.460 e. The zero-order valence-corrected chi connectivity index (χ0v) is 21.5. The van der Waals surface area contributed by atoms with Crippen molar-refractivity contribution in [3.63, 3.8) is 0 Å². The van der Waals surface area contributed by atoms with Crippen LogP contribution in [-0.4, -0.2) is 11.7 Å². The van der Waals surface area contributed by atoms with Crippen LogP contribution >= 0.6 is 11.6 Å². The van der Waals surface area contributed by atoms with Crippen LogP contribution in [0.5, 0.6) is 0 Å². The Labute approximate surface area is 215 Å². The van der Waals surface area contributed by atoms with Crippen LogP contribution < -0.4 is 15.6 Å². The first-order valence-electron chi connectivity index (χ1n) is 12.0. The van der Waals surface area contributed by atoms with Crippen molar-refractivity contribution in [3.8, 4) is 11.3 Å². The van der Waals surface area contributed by atoms with E-state index in [1.54, 1.807) is 6.07 Å². The molecule has 1 aliphatic carbocycles. The van der Waals surface area contributed by atoms with E-state index in [0.29, 0.717) is 40.1 Å². The van der Waals surface area contributed by atoms with Crippen molar-refractivity contribution >= 4 is 29.1 Å². The molecule has 0 radical (unpaired) electrons. The molecule has 3 aromatic rings. The van der Waals surface area contributed by atoms with Crippen LogP contribution in [0.15, 0.2) is 82.2 Å². The van der Waals surface area contributed by atoms with E-state index in [9.17, 15) is 9.59 Å². The minimum absolute atomic E-state index is 0.0791. The number of aryl methyl sites for hydroxylation is 1. The first-order chi connectivity index (χ1) is 17.1. The normalized spacial score (nSPS) is 20.9. The number of benzene rings is 1. The van der Waals surface area contributed by atoms with E-state index >= 15 is 0 Å². The number of nitrogens with one attached hydrogen (secondary N) is 3. The third kappa shape index (κ3) is 4.61. The summed E-state index contributed by atoms with van der Waals surface area (Å²) >= 11 is 6.19. The summed E-state index contributed by atoms with van der Waals surface area (Å²) in [6.45, 7) is 7.92. The van der Waals surface area contributed by atoms with Crippen molar-refractivity contribution in [1.82, 2.24) is 5.32 Å². The van der Waals surface area contributed by atoms with Crippen molar-refractivity contribution < 1.29 is 19.0 Å². The molecule has 0 bridgehead atoms. The summed E-state index contributed by atoms with van der Waals surface area (Å²) in [5.74, 6) is 0.443. The summed E-state index contributed by atoms with van der Waals surface area (Å²) in [6.07, 6.45) is 4.32. The van der Waals surface area contributed by atoms with Gasteiger partial charge in [-0.05, 0) is 55.2 Å². The van der Waals surface area contributed by atoms with E-state index in [4.69, 9.17) is 16.0 Å². The average molecular weight is 503 g/mol. The Morgan fingerprint density at radius 3 is 2.67 bits per heavy atom. The highest BCUT2D eigenvalue weighted by molar-refractivity contribution is 6.30. The molecule has 6 nitrogen and oxygen atoms in total. The second kappa shape index (κ2) is 9.10. The second-order valence-electron chi connectivity index (χ2n) is 10.3. The Balaban J connectivity index is 1.60. The van der Waals surface area contributed by atoms with Gasteiger partial charge in [-0.3, -0.25) is 4.79 Å². The molecule has 5 rings (SSSR count). The molecule has 1 amide bonds. The number of furan rings is 1. The van der Waals surface area contributed by atoms with Crippen molar-refractivity contribution in [2.24, 2.45) is 11.3 Å². The molecule has 0 spiro atoms. The van der Waals surface area contributed by atoms with Crippen LogP contribution in [0, 0.1) is 18.3 Å². The van der Waals surface area contributed by atoms with Crippen molar-refractivity contribution in [2.75, 3.05) is 5.32 Å². The van der Waals surface area contributed by atoms with Crippen LogP contribution in [0.1, 0.15) is 44.4 Å². The molecular weight excluding hydrogens is 474 g/mol. The highest BCUT2D eigenvalue weighted by atomic mass is 35.5. The van der Waals surface area contributed by atoms with Gasteiger partial charge in [-0.15, -0.1) is 0 Å². The van der Waals surface area contributed by atoms with Gasteiger partial charge in [-0.1, -0.05) is 43.7 Å². The zero-order chi connectivity index (χ0) is 25.6. The lowest BCUT2D eigenvalue weighted by atomic mass is 9.67.